The Morgan fingerprint density at radius 3 is 2.91 bits per heavy atom. The summed E-state index contributed by atoms with van der Waals surface area (Å²) < 4.78 is 7.09. The number of fused-ring (bicyclic) bond motifs is 1. The highest BCUT2D eigenvalue weighted by atomic mass is 35.5. The Balaban J connectivity index is 1.60. The van der Waals surface area contributed by atoms with Crippen molar-refractivity contribution in [1.82, 2.24) is 4.98 Å². The van der Waals surface area contributed by atoms with Crippen LogP contribution in [0.1, 0.15) is 0 Å². The maximum atomic E-state index is 12.0. The van der Waals surface area contributed by atoms with Gasteiger partial charge in [0.25, 0.3) is 0 Å². The summed E-state index contributed by atoms with van der Waals surface area (Å²) in [5, 5.41) is 3.28. The van der Waals surface area contributed by atoms with Gasteiger partial charge in [0.1, 0.15) is 5.75 Å². The maximum Gasteiger partial charge on any atom is 0.234 e. The van der Waals surface area contributed by atoms with Gasteiger partial charge in [0.2, 0.25) is 5.91 Å². The molecule has 0 bridgehead atoms. The molecule has 118 valence electrons. The highest BCUT2D eigenvalue weighted by molar-refractivity contribution is 8.01. The first-order valence-corrected chi connectivity index (χ1v) is 8.95. The predicted molar refractivity (Wildman–Crippen MR) is 97.0 cm³/mol. The number of amides is 1. The molecule has 1 N–H and O–H groups in total. The molecule has 7 heteroatoms. The van der Waals surface area contributed by atoms with Crippen LogP contribution in [0.5, 0.6) is 5.75 Å². The van der Waals surface area contributed by atoms with Gasteiger partial charge in [-0.3, -0.25) is 4.79 Å². The number of nitrogens with zero attached hydrogens (tertiary/aromatic N) is 1. The zero-order valence-corrected chi connectivity index (χ0v) is 14.6. The predicted octanol–water partition coefficient (Wildman–Crippen LogP) is 4.69. The normalized spacial score (nSPS) is 10.7. The number of anilines is 1. The van der Waals surface area contributed by atoms with Crippen LogP contribution in [-0.4, -0.2) is 23.8 Å². The molecule has 0 aliphatic carbocycles. The van der Waals surface area contributed by atoms with E-state index in [-0.39, 0.29) is 5.91 Å². The average molecular weight is 365 g/mol. The number of para-hydroxylation sites is 1. The molecule has 0 aliphatic rings. The molecular weight excluding hydrogens is 352 g/mol. The molecule has 0 unspecified atom stereocenters. The lowest BCUT2D eigenvalue weighted by atomic mass is 10.3. The molecule has 4 nitrogen and oxygen atoms in total. The van der Waals surface area contributed by atoms with Gasteiger partial charge >= 0.3 is 0 Å². The Morgan fingerprint density at radius 1 is 1.35 bits per heavy atom. The standard InChI is InChI=1S/C16H13ClN2O2S2/c1-21-13-7-6-10(8-11(13)17)18-15(20)9-22-16-19-12-4-2-3-5-14(12)23-16/h2-8H,9H2,1H3,(H,18,20). The summed E-state index contributed by atoms with van der Waals surface area (Å²) in [6.07, 6.45) is 0. The van der Waals surface area contributed by atoms with Gasteiger partial charge in [0, 0.05) is 5.69 Å². The van der Waals surface area contributed by atoms with Gasteiger partial charge in [-0.15, -0.1) is 11.3 Å². The molecule has 0 radical (unpaired) electrons. The summed E-state index contributed by atoms with van der Waals surface area (Å²) in [7, 11) is 1.55. The van der Waals surface area contributed by atoms with Gasteiger partial charge < -0.3 is 10.1 Å². The zero-order chi connectivity index (χ0) is 16.2. The quantitative estimate of drug-likeness (QED) is 0.667. The number of nitrogens with one attached hydrogen (secondary N) is 1. The minimum Gasteiger partial charge on any atom is -0.495 e. The topological polar surface area (TPSA) is 51.2 Å². The van der Waals surface area contributed by atoms with E-state index in [1.54, 1.807) is 36.6 Å². The van der Waals surface area contributed by atoms with Gasteiger partial charge in [-0.2, -0.15) is 0 Å². The van der Waals surface area contributed by atoms with Crippen molar-refractivity contribution in [3.63, 3.8) is 0 Å². The van der Waals surface area contributed by atoms with Gasteiger partial charge in [-0.05, 0) is 30.3 Å². The van der Waals surface area contributed by atoms with E-state index in [4.69, 9.17) is 16.3 Å². The molecule has 3 aromatic rings. The van der Waals surface area contributed by atoms with Crippen LogP contribution < -0.4 is 10.1 Å². The Kier molecular flexibility index (Phi) is 5.05. The second-order valence-corrected chi connectivity index (χ2v) is 7.29. The van der Waals surface area contributed by atoms with Crippen LogP contribution in [0.4, 0.5) is 5.69 Å². The van der Waals surface area contributed by atoms with E-state index in [9.17, 15) is 4.79 Å². The molecule has 1 heterocycles. The summed E-state index contributed by atoms with van der Waals surface area (Å²) in [6, 6.07) is 13.1. The zero-order valence-electron chi connectivity index (χ0n) is 12.2. The fourth-order valence-electron chi connectivity index (χ4n) is 1.98. The van der Waals surface area contributed by atoms with Crippen molar-refractivity contribution in [2.75, 3.05) is 18.2 Å². The van der Waals surface area contributed by atoms with Crippen molar-refractivity contribution < 1.29 is 9.53 Å². The molecule has 0 saturated heterocycles. The number of ether oxygens (including phenoxy) is 1. The Bertz CT molecular complexity index is 818. The van der Waals surface area contributed by atoms with E-state index in [0.717, 1.165) is 14.6 Å². The second kappa shape index (κ2) is 7.21. The molecule has 0 fully saturated rings. The number of halogens is 1. The van der Waals surface area contributed by atoms with Gasteiger partial charge in [-0.25, -0.2) is 4.98 Å². The molecule has 2 aromatic carbocycles. The summed E-state index contributed by atoms with van der Waals surface area (Å²) >= 11 is 9.05. The Labute approximate surface area is 146 Å². The fraction of sp³-hybridized carbons (Fsp3) is 0.125. The molecule has 3 rings (SSSR count). The monoisotopic (exact) mass is 364 g/mol. The number of thiazole rings is 1. The summed E-state index contributed by atoms with van der Waals surface area (Å²) in [4.78, 5) is 16.5. The van der Waals surface area contributed by atoms with Crippen LogP contribution in [0.3, 0.4) is 0 Å². The summed E-state index contributed by atoms with van der Waals surface area (Å²) in [6.45, 7) is 0. The van der Waals surface area contributed by atoms with E-state index in [1.807, 2.05) is 24.3 Å². The maximum absolute atomic E-state index is 12.0. The number of thioether (sulfide) groups is 1. The van der Waals surface area contributed by atoms with Crippen LogP contribution in [0, 0.1) is 0 Å². The van der Waals surface area contributed by atoms with E-state index in [2.05, 4.69) is 10.3 Å². The molecule has 0 aliphatic heterocycles. The number of benzene rings is 2. The smallest absolute Gasteiger partial charge is 0.234 e. The van der Waals surface area contributed by atoms with Crippen molar-refractivity contribution >= 4 is 56.5 Å². The largest absolute Gasteiger partial charge is 0.495 e. The molecule has 23 heavy (non-hydrogen) atoms. The lowest BCUT2D eigenvalue weighted by molar-refractivity contribution is -0.113. The molecule has 0 saturated carbocycles. The van der Waals surface area contributed by atoms with Crippen molar-refractivity contribution in [3.8, 4) is 5.75 Å². The minimum absolute atomic E-state index is 0.101. The van der Waals surface area contributed by atoms with Crippen molar-refractivity contribution in [1.29, 1.82) is 0 Å². The third kappa shape index (κ3) is 3.96. The number of aromatic nitrogens is 1. The highest BCUT2D eigenvalue weighted by Crippen LogP contribution is 2.30. The first-order valence-electron chi connectivity index (χ1n) is 6.77. The molecule has 1 amide bonds. The first kappa shape index (κ1) is 16.1. The second-order valence-electron chi connectivity index (χ2n) is 4.63. The van der Waals surface area contributed by atoms with E-state index < -0.39 is 0 Å². The third-order valence-corrected chi connectivity index (χ3v) is 5.51. The van der Waals surface area contributed by atoms with E-state index >= 15 is 0 Å². The van der Waals surface area contributed by atoms with Crippen LogP contribution in [0.2, 0.25) is 5.02 Å². The Morgan fingerprint density at radius 2 is 2.17 bits per heavy atom. The number of hydrogen-bond donors (Lipinski definition) is 1. The number of methoxy groups -OCH3 is 1. The third-order valence-electron chi connectivity index (χ3n) is 3.04. The van der Waals surface area contributed by atoms with Crippen LogP contribution >= 0.6 is 34.7 Å². The number of hydrogen-bond acceptors (Lipinski definition) is 5. The van der Waals surface area contributed by atoms with Crippen molar-refractivity contribution in [2.24, 2.45) is 0 Å². The summed E-state index contributed by atoms with van der Waals surface area (Å²) in [5.74, 6) is 0.771. The lowest BCUT2D eigenvalue weighted by Crippen LogP contribution is -2.13. The van der Waals surface area contributed by atoms with Crippen molar-refractivity contribution in [3.05, 3.63) is 47.5 Å². The van der Waals surface area contributed by atoms with Crippen LogP contribution in [0.25, 0.3) is 10.2 Å². The lowest BCUT2D eigenvalue weighted by Gasteiger charge is -2.07. The highest BCUT2D eigenvalue weighted by Gasteiger charge is 2.09. The molecule has 0 spiro atoms. The number of rotatable bonds is 5. The number of carbonyl (C=O) groups excluding carboxylic acids is 1. The SMILES string of the molecule is COc1ccc(NC(=O)CSc2nc3ccccc3s2)cc1Cl. The van der Waals surface area contributed by atoms with Crippen LogP contribution in [0.15, 0.2) is 46.8 Å². The van der Waals surface area contributed by atoms with Gasteiger partial charge in [0.05, 0.1) is 28.1 Å². The number of carbonyl (C=O) groups is 1. The average Bonchev–Trinajstić information content (AvgIpc) is 2.96. The van der Waals surface area contributed by atoms with Gasteiger partial charge in [0.15, 0.2) is 4.34 Å². The molecule has 0 atom stereocenters. The Hall–Kier alpha value is -1.76. The fourth-order valence-corrected chi connectivity index (χ4v) is 4.11. The minimum atomic E-state index is -0.101. The first-order chi connectivity index (χ1) is 11.2. The summed E-state index contributed by atoms with van der Waals surface area (Å²) in [5.41, 5.74) is 1.60. The van der Waals surface area contributed by atoms with Crippen LogP contribution in [-0.2, 0) is 4.79 Å². The van der Waals surface area contributed by atoms with Gasteiger partial charge in [-0.1, -0.05) is 35.5 Å². The molecule has 1 aromatic heterocycles. The van der Waals surface area contributed by atoms with E-state index in [0.29, 0.717) is 22.2 Å². The van der Waals surface area contributed by atoms with Crippen molar-refractivity contribution in [2.45, 2.75) is 4.34 Å². The van der Waals surface area contributed by atoms with E-state index in [1.165, 1.54) is 11.8 Å². The molecular formula is C16H13ClN2O2S2.